The molecule has 0 saturated carbocycles. The summed E-state index contributed by atoms with van der Waals surface area (Å²) >= 11 is 5.85. The summed E-state index contributed by atoms with van der Waals surface area (Å²) in [4.78, 5) is 38.1. The van der Waals surface area contributed by atoms with Crippen molar-refractivity contribution in [2.45, 2.75) is 18.9 Å². The average Bonchev–Trinajstić information content (AvgIpc) is 3.29. The van der Waals surface area contributed by atoms with Gasteiger partial charge < -0.3 is 14.6 Å². The fourth-order valence-electron chi connectivity index (χ4n) is 3.47. The number of likely N-dealkylation sites (tertiary alicyclic amines) is 2. The van der Waals surface area contributed by atoms with Crippen molar-refractivity contribution in [3.63, 3.8) is 0 Å². The molecule has 126 valence electrons. The number of oxime groups is 1. The summed E-state index contributed by atoms with van der Waals surface area (Å²) in [5.74, 6) is -0.431. The molecule has 8 heteroatoms. The summed E-state index contributed by atoms with van der Waals surface area (Å²) in [5.41, 5.74) is 0.739. The Labute approximate surface area is 144 Å². The molecule has 24 heavy (non-hydrogen) atoms. The van der Waals surface area contributed by atoms with E-state index in [0.717, 1.165) is 25.9 Å². The molecule has 4 heterocycles. The highest BCUT2D eigenvalue weighted by molar-refractivity contribution is 6.40. The second-order valence-corrected chi connectivity index (χ2v) is 6.67. The van der Waals surface area contributed by atoms with E-state index in [0.29, 0.717) is 24.5 Å². The fraction of sp³-hybridized carbons (Fsp3) is 0.500. The quantitative estimate of drug-likeness (QED) is 0.752. The van der Waals surface area contributed by atoms with Crippen LogP contribution in [0.25, 0.3) is 0 Å². The van der Waals surface area contributed by atoms with E-state index in [1.165, 1.54) is 0 Å². The molecule has 4 rings (SSSR count). The van der Waals surface area contributed by atoms with Crippen molar-refractivity contribution in [1.29, 1.82) is 0 Å². The lowest BCUT2D eigenvalue weighted by Gasteiger charge is -2.18. The van der Waals surface area contributed by atoms with Crippen LogP contribution < -0.4 is 0 Å². The summed E-state index contributed by atoms with van der Waals surface area (Å²) in [5, 5.41) is 4.28. The molecule has 2 atom stereocenters. The van der Waals surface area contributed by atoms with Crippen LogP contribution in [0.4, 0.5) is 0 Å². The number of rotatable bonds is 2. The molecule has 1 aromatic rings. The standard InChI is InChI=1S/C16H17ClN4O3/c17-13-5-3-4-11(18-13)15(22)21-8-10-12(9-21)24-19-14(10)16(23)20-6-1-2-7-20/h3-5,10,12H,1-2,6-9H2/t10-,12+/m0/s1. The molecule has 2 amide bonds. The molecule has 7 nitrogen and oxygen atoms in total. The van der Waals surface area contributed by atoms with Gasteiger partial charge in [0.15, 0.2) is 11.8 Å². The lowest BCUT2D eigenvalue weighted by Crippen LogP contribution is -2.39. The predicted octanol–water partition coefficient (Wildman–Crippen LogP) is 1.18. The van der Waals surface area contributed by atoms with Crippen LogP contribution in [0.5, 0.6) is 0 Å². The van der Waals surface area contributed by atoms with Crippen LogP contribution in [0, 0.1) is 5.92 Å². The van der Waals surface area contributed by atoms with Gasteiger partial charge in [0.25, 0.3) is 11.8 Å². The predicted molar refractivity (Wildman–Crippen MR) is 86.8 cm³/mol. The van der Waals surface area contributed by atoms with E-state index < -0.39 is 0 Å². The number of hydrogen-bond donors (Lipinski definition) is 0. The molecule has 0 bridgehead atoms. The summed E-state index contributed by atoms with van der Waals surface area (Å²) in [6, 6.07) is 4.95. The van der Waals surface area contributed by atoms with Gasteiger partial charge in [-0.3, -0.25) is 9.59 Å². The molecule has 2 saturated heterocycles. The highest BCUT2D eigenvalue weighted by atomic mass is 35.5. The number of pyridine rings is 1. The molecule has 3 aliphatic heterocycles. The molecule has 0 N–H and O–H groups in total. The first-order valence-corrected chi connectivity index (χ1v) is 8.46. The van der Waals surface area contributed by atoms with Gasteiger partial charge in [-0.15, -0.1) is 0 Å². The minimum absolute atomic E-state index is 0.0600. The number of carbonyl (C=O) groups is 2. The van der Waals surface area contributed by atoms with E-state index in [1.807, 2.05) is 4.90 Å². The number of nitrogens with zero attached hydrogens (tertiary/aromatic N) is 4. The first kappa shape index (κ1) is 15.4. The second kappa shape index (κ2) is 6.05. The molecule has 2 fully saturated rings. The van der Waals surface area contributed by atoms with Gasteiger partial charge >= 0.3 is 0 Å². The maximum absolute atomic E-state index is 12.6. The third-order valence-electron chi connectivity index (χ3n) is 4.74. The third-order valence-corrected chi connectivity index (χ3v) is 4.95. The van der Waals surface area contributed by atoms with Crippen molar-refractivity contribution in [3.8, 4) is 0 Å². The topological polar surface area (TPSA) is 75.1 Å². The number of carbonyl (C=O) groups excluding carboxylic acids is 2. The van der Waals surface area contributed by atoms with Crippen LogP contribution in [0.15, 0.2) is 23.4 Å². The minimum atomic E-state index is -0.255. The zero-order chi connectivity index (χ0) is 16.7. The molecular weight excluding hydrogens is 332 g/mol. The second-order valence-electron chi connectivity index (χ2n) is 6.28. The zero-order valence-electron chi connectivity index (χ0n) is 13.0. The largest absolute Gasteiger partial charge is 0.389 e. The van der Waals surface area contributed by atoms with Crippen LogP contribution >= 0.6 is 11.6 Å². The van der Waals surface area contributed by atoms with Crippen LogP contribution in [0.3, 0.4) is 0 Å². The Morgan fingerprint density at radius 2 is 1.92 bits per heavy atom. The first-order valence-electron chi connectivity index (χ1n) is 8.08. The normalized spacial score (nSPS) is 25.5. The van der Waals surface area contributed by atoms with Crippen molar-refractivity contribution in [2.75, 3.05) is 26.2 Å². The molecule has 0 aliphatic carbocycles. The molecule has 3 aliphatic rings. The summed E-state index contributed by atoms with van der Waals surface area (Å²) in [6.07, 6.45) is 1.80. The molecule has 0 aromatic carbocycles. The fourth-order valence-corrected chi connectivity index (χ4v) is 3.63. The number of amides is 2. The van der Waals surface area contributed by atoms with E-state index in [1.54, 1.807) is 23.1 Å². The van der Waals surface area contributed by atoms with Crippen LogP contribution in [-0.2, 0) is 9.63 Å². The van der Waals surface area contributed by atoms with Gasteiger partial charge in [-0.2, -0.15) is 0 Å². The molecule has 0 spiro atoms. The van der Waals surface area contributed by atoms with Crippen molar-refractivity contribution >= 4 is 29.1 Å². The average molecular weight is 349 g/mol. The minimum Gasteiger partial charge on any atom is -0.389 e. The molecule has 1 aromatic heterocycles. The van der Waals surface area contributed by atoms with Gasteiger partial charge in [0.1, 0.15) is 10.8 Å². The van der Waals surface area contributed by atoms with Gasteiger partial charge in [-0.05, 0) is 25.0 Å². The lowest BCUT2D eigenvalue weighted by atomic mass is 10.00. The number of hydrogen-bond acceptors (Lipinski definition) is 5. The van der Waals surface area contributed by atoms with E-state index in [2.05, 4.69) is 10.1 Å². The lowest BCUT2D eigenvalue weighted by molar-refractivity contribution is -0.123. The van der Waals surface area contributed by atoms with E-state index in [4.69, 9.17) is 16.4 Å². The van der Waals surface area contributed by atoms with Crippen molar-refractivity contribution in [2.24, 2.45) is 11.1 Å². The smallest absolute Gasteiger partial charge is 0.272 e. The van der Waals surface area contributed by atoms with E-state index in [9.17, 15) is 9.59 Å². The Kier molecular flexibility index (Phi) is 3.88. The first-order chi connectivity index (χ1) is 11.6. The Balaban J connectivity index is 1.47. The maximum atomic E-state index is 12.6. The monoisotopic (exact) mass is 348 g/mol. The Hall–Kier alpha value is -2.15. The highest BCUT2D eigenvalue weighted by Gasteiger charge is 2.47. The van der Waals surface area contributed by atoms with Crippen LogP contribution in [0.1, 0.15) is 23.3 Å². The summed E-state index contributed by atoms with van der Waals surface area (Å²) in [7, 11) is 0. The summed E-state index contributed by atoms with van der Waals surface area (Å²) in [6.45, 7) is 2.35. The zero-order valence-corrected chi connectivity index (χ0v) is 13.8. The Morgan fingerprint density at radius 1 is 1.12 bits per heavy atom. The Morgan fingerprint density at radius 3 is 2.67 bits per heavy atom. The number of fused-ring (bicyclic) bond motifs is 1. The van der Waals surface area contributed by atoms with Gasteiger partial charge in [0.2, 0.25) is 0 Å². The Bertz CT molecular complexity index is 717. The highest BCUT2D eigenvalue weighted by Crippen LogP contribution is 2.29. The molecule has 0 unspecified atom stereocenters. The number of halogens is 1. The van der Waals surface area contributed by atoms with Gasteiger partial charge in [0.05, 0.1) is 12.5 Å². The van der Waals surface area contributed by atoms with Crippen molar-refractivity contribution in [1.82, 2.24) is 14.8 Å². The maximum Gasteiger partial charge on any atom is 0.272 e. The molecule has 0 radical (unpaired) electrons. The van der Waals surface area contributed by atoms with Crippen LogP contribution in [0.2, 0.25) is 5.15 Å². The summed E-state index contributed by atoms with van der Waals surface area (Å²) < 4.78 is 0. The number of aromatic nitrogens is 1. The third kappa shape index (κ3) is 2.62. The molecular formula is C16H17ClN4O3. The van der Waals surface area contributed by atoms with Crippen molar-refractivity contribution < 1.29 is 14.4 Å². The van der Waals surface area contributed by atoms with Crippen LogP contribution in [-0.4, -0.2) is 64.6 Å². The van der Waals surface area contributed by atoms with E-state index in [-0.39, 0.29) is 29.0 Å². The van der Waals surface area contributed by atoms with Gasteiger partial charge in [0, 0.05) is 19.6 Å². The van der Waals surface area contributed by atoms with Gasteiger partial charge in [-0.1, -0.05) is 22.8 Å². The van der Waals surface area contributed by atoms with Gasteiger partial charge in [-0.25, -0.2) is 4.98 Å². The SMILES string of the molecule is O=C(C1=NO[C@@H]2CN(C(=O)c3cccc(Cl)n3)C[C@H]12)N1CCCC1. The van der Waals surface area contributed by atoms with E-state index >= 15 is 0 Å². The van der Waals surface area contributed by atoms with Crippen molar-refractivity contribution in [3.05, 3.63) is 29.0 Å².